The summed E-state index contributed by atoms with van der Waals surface area (Å²) in [5, 5.41) is 0. The first kappa shape index (κ1) is 14.6. The maximum Gasteiger partial charge on any atom is 0.229 e. The molecule has 0 saturated carbocycles. The minimum atomic E-state index is -1.04. The number of carbonyl (C=O) groups excluding carboxylic acids is 2. The average molecular weight is 282 g/mol. The largest absolute Gasteiger partial charge is 0.322 e. The lowest BCUT2D eigenvalue weighted by molar-refractivity contribution is -0.150. The molecule has 0 bridgehead atoms. The lowest BCUT2D eigenvalue weighted by Crippen LogP contribution is -2.46. The molecule has 4 nitrogen and oxygen atoms in total. The molecule has 1 saturated heterocycles. The molecular weight excluding hydrogens is 266 g/mol. The van der Waals surface area contributed by atoms with E-state index in [9.17, 15) is 18.4 Å². The van der Waals surface area contributed by atoms with E-state index in [0.29, 0.717) is 0 Å². The zero-order valence-electron chi connectivity index (χ0n) is 11.1. The quantitative estimate of drug-likeness (QED) is 0.859. The summed E-state index contributed by atoms with van der Waals surface area (Å²) in [4.78, 5) is 24.7. The normalized spacial score (nSPS) is 18.5. The van der Waals surface area contributed by atoms with E-state index >= 15 is 0 Å². The second kappa shape index (κ2) is 5.66. The molecule has 1 aromatic rings. The summed E-state index contributed by atoms with van der Waals surface area (Å²) >= 11 is 0. The van der Waals surface area contributed by atoms with Crippen LogP contribution in [0.5, 0.6) is 0 Å². The molecule has 1 unspecified atom stereocenters. The Labute approximate surface area is 115 Å². The first-order valence-corrected chi connectivity index (χ1v) is 6.42. The van der Waals surface area contributed by atoms with E-state index in [1.807, 2.05) is 6.92 Å². The molecule has 20 heavy (non-hydrogen) atoms. The van der Waals surface area contributed by atoms with Gasteiger partial charge in [-0.25, -0.2) is 8.78 Å². The molecule has 1 aliphatic heterocycles. The third-order valence-electron chi connectivity index (χ3n) is 3.41. The van der Waals surface area contributed by atoms with Crippen LogP contribution < -0.4 is 5.73 Å². The van der Waals surface area contributed by atoms with Crippen LogP contribution in [0.25, 0.3) is 0 Å². The van der Waals surface area contributed by atoms with Crippen LogP contribution in [0.3, 0.4) is 0 Å². The van der Waals surface area contributed by atoms with Crippen molar-refractivity contribution in [3.05, 3.63) is 35.4 Å². The van der Waals surface area contributed by atoms with Gasteiger partial charge in [0, 0.05) is 24.9 Å². The van der Waals surface area contributed by atoms with Gasteiger partial charge in [0.25, 0.3) is 0 Å². The maximum atomic E-state index is 13.6. The van der Waals surface area contributed by atoms with Crippen LogP contribution in [0.2, 0.25) is 0 Å². The van der Waals surface area contributed by atoms with Crippen molar-refractivity contribution in [2.24, 2.45) is 11.7 Å². The van der Waals surface area contributed by atoms with Crippen LogP contribution in [0, 0.1) is 17.6 Å². The first-order valence-electron chi connectivity index (χ1n) is 6.42. The number of benzene rings is 1. The fraction of sp³-hybridized carbons (Fsp3) is 0.429. The summed E-state index contributed by atoms with van der Waals surface area (Å²) in [6.45, 7) is 1.68. The van der Waals surface area contributed by atoms with Crippen LogP contribution in [0.4, 0.5) is 8.78 Å². The van der Waals surface area contributed by atoms with Gasteiger partial charge in [0.1, 0.15) is 0 Å². The Kier molecular flexibility index (Phi) is 4.13. The maximum absolute atomic E-state index is 13.6. The number of amides is 2. The molecule has 1 aromatic carbocycles. The molecule has 2 rings (SSSR count). The van der Waals surface area contributed by atoms with Gasteiger partial charge in [0.2, 0.25) is 11.8 Å². The van der Waals surface area contributed by atoms with Crippen molar-refractivity contribution in [1.29, 1.82) is 0 Å². The molecule has 108 valence electrons. The molecular formula is C14H16F2N2O2. The highest BCUT2D eigenvalue weighted by atomic mass is 19.2. The van der Waals surface area contributed by atoms with Crippen LogP contribution in [-0.4, -0.2) is 23.3 Å². The smallest absolute Gasteiger partial charge is 0.229 e. The lowest BCUT2D eigenvalue weighted by Gasteiger charge is -2.30. The van der Waals surface area contributed by atoms with Gasteiger partial charge in [-0.2, -0.15) is 0 Å². The van der Waals surface area contributed by atoms with Gasteiger partial charge in [-0.15, -0.1) is 0 Å². The fourth-order valence-corrected chi connectivity index (χ4v) is 2.33. The number of nitrogens with zero attached hydrogens (tertiary/aromatic N) is 1. The van der Waals surface area contributed by atoms with E-state index in [1.165, 1.54) is 12.1 Å². The molecule has 1 fully saturated rings. The summed E-state index contributed by atoms with van der Waals surface area (Å²) in [5.41, 5.74) is 5.76. The summed E-state index contributed by atoms with van der Waals surface area (Å²) < 4.78 is 26.8. The van der Waals surface area contributed by atoms with E-state index in [1.54, 1.807) is 0 Å². The van der Waals surface area contributed by atoms with Crippen LogP contribution in [0.1, 0.15) is 31.4 Å². The zero-order valence-corrected chi connectivity index (χ0v) is 11.1. The minimum absolute atomic E-state index is 0.00776. The predicted molar refractivity (Wildman–Crippen MR) is 68.4 cm³/mol. The Morgan fingerprint density at radius 1 is 1.30 bits per heavy atom. The molecule has 6 heteroatoms. The van der Waals surface area contributed by atoms with Crippen molar-refractivity contribution in [3.8, 4) is 0 Å². The number of hydrogen-bond donors (Lipinski definition) is 1. The highest BCUT2D eigenvalue weighted by molar-refractivity contribution is 5.97. The second-order valence-corrected chi connectivity index (χ2v) is 5.16. The number of imide groups is 1. The molecule has 0 radical (unpaired) electrons. The van der Waals surface area contributed by atoms with E-state index in [2.05, 4.69) is 0 Å². The van der Waals surface area contributed by atoms with Crippen LogP contribution >= 0.6 is 0 Å². The molecule has 0 aliphatic carbocycles. The van der Waals surface area contributed by atoms with E-state index in [-0.39, 0.29) is 42.7 Å². The predicted octanol–water partition coefficient (Wildman–Crippen LogP) is 1.75. The Morgan fingerprint density at radius 2 is 1.90 bits per heavy atom. The van der Waals surface area contributed by atoms with E-state index in [4.69, 9.17) is 5.73 Å². The van der Waals surface area contributed by atoms with Gasteiger partial charge in [-0.05, 0) is 12.0 Å². The van der Waals surface area contributed by atoms with Gasteiger partial charge in [0.15, 0.2) is 11.6 Å². The van der Waals surface area contributed by atoms with Crippen LogP contribution in [0.15, 0.2) is 18.2 Å². The van der Waals surface area contributed by atoms with Crippen molar-refractivity contribution < 1.29 is 18.4 Å². The van der Waals surface area contributed by atoms with E-state index < -0.39 is 17.7 Å². The Bertz CT molecular complexity index is 530. The summed E-state index contributed by atoms with van der Waals surface area (Å²) in [6, 6.07) is 2.75. The number of halogens is 2. The van der Waals surface area contributed by atoms with Crippen molar-refractivity contribution in [1.82, 2.24) is 4.90 Å². The summed E-state index contributed by atoms with van der Waals surface area (Å²) in [7, 11) is 0. The first-order chi connectivity index (χ1) is 9.40. The number of carbonyl (C=O) groups is 2. The van der Waals surface area contributed by atoms with Gasteiger partial charge in [-0.3, -0.25) is 14.5 Å². The molecule has 1 heterocycles. The minimum Gasteiger partial charge on any atom is -0.322 e. The standard InChI is InChI=1S/C14H16F2N2O2/c1-8-5-12(19)18(13(20)6-8)7-11(17)9-3-2-4-10(15)14(9)16/h2-4,8,11H,5-7,17H2,1H3. The average Bonchev–Trinajstić information content (AvgIpc) is 2.36. The molecule has 1 atom stereocenters. The molecule has 2 amide bonds. The fourth-order valence-electron chi connectivity index (χ4n) is 2.33. The SMILES string of the molecule is CC1CC(=O)N(CC(N)c2cccc(F)c2F)C(=O)C1. The number of piperidine rings is 1. The Balaban J connectivity index is 2.15. The summed E-state index contributed by atoms with van der Waals surface area (Å²) in [5.74, 6) is -2.66. The molecule has 0 spiro atoms. The van der Waals surface area contributed by atoms with E-state index in [0.717, 1.165) is 11.0 Å². The second-order valence-electron chi connectivity index (χ2n) is 5.16. The monoisotopic (exact) mass is 282 g/mol. The number of likely N-dealkylation sites (tertiary alicyclic amines) is 1. The summed E-state index contributed by atoms with van der Waals surface area (Å²) in [6.07, 6.45) is 0.536. The Morgan fingerprint density at radius 3 is 2.50 bits per heavy atom. The van der Waals surface area contributed by atoms with Crippen molar-refractivity contribution in [2.45, 2.75) is 25.8 Å². The molecule has 0 aromatic heterocycles. The van der Waals surface area contributed by atoms with Crippen LogP contribution in [-0.2, 0) is 9.59 Å². The third kappa shape index (κ3) is 2.85. The van der Waals surface area contributed by atoms with Gasteiger partial charge < -0.3 is 5.73 Å². The number of rotatable bonds is 3. The zero-order chi connectivity index (χ0) is 14.9. The third-order valence-corrected chi connectivity index (χ3v) is 3.41. The lowest BCUT2D eigenvalue weighted by atomic mass is 9.96. The molecule has 2 N–H and O–H groups in total. The number of hydrogen-bond acceptors (Lipinski definition) is 3. The highest BCUT2D eigenvalue weighted by Crippen LogP contribution is 2.23. The van der Waals surface area contributed by atoms with Crippen molar-refractivity contribution in [2.75, 3.05) is 6.54 Å². The molecule has 1 aliphatic rings. The van der Waals surface area contributed by atoms with Gasteiger partial charge in [-0.1, -0.05) is 19.1 Å². The van der Waals surface area contributed by atoms with Gasteiger partial charge in [0.05, 0.1) is 6.04 Å². The van der Waals surface area contributed by atoms with Crippen molar-refractivity contribution in [3.63, 3.8) is 0 Å². The number of nitrogens with two attached hydrogens (primary N) is 1. The Hall–Kier alpha value is -1.82. The topological polar surface area (TPSA) is 63.4 Å². The van der Waals surface area contributed by atoms with Crippen molar-refractivity contribution >= 4 is 11.8 Å². The van der Waals surface area contributed by atoms with Gasteiger partial charge >= 0.3 is 0 Å². The highest BCUT2D eigenvalue weighted by Gasteiger charge is 2.32.